The molecule has 1 heterocycles. The molecule has 1 N–H and O–H groups in total. The number of aromatic nitrogens is 1. The summed E-state index contributed by atoms with van der Waals surface area (Å²) in [6.45, 7) is 7.36. The van der Waals surface area contributed by atoms with E-state index in [1.165, 1.54) is 0 Å². The van der Waals surface area contributed by atoms with Crippen molar-refractivity contribution in [2.75, 3.05) is 12.3 Å². The van der Waals surface area contributed by atoms with Crippen molar-refractivity contribution in [1.82, 2.24) is 10.3 Å². The lowest BCUT2D eigenvalue weighted by molar-refractivity contribution is 0.584. The van der Waals surface area contributed by atoms with E-state index in [2.05, 4.69) is 31.1 Å². The van der Waals surface area contributed by atoms with E-state index >= 15 is 0 Å². The Balaban J connectivity index is 1.91. The van der Waals surface area contributed by atoms with E-state index in [0.717, 1.165) is 11.1 Å². The van der Waals surface area contributed by atoms with Gasteiger partial charge in [0.05, 0.1) is 10.6 Å². The smallest absolute Gasteiger partial charge is 0.179 e. The number of hydrogen-bond donors (Lipinski definition) is 1. The summed E-state index contributed by atoms with van der Waals surface area (Å²) in [7, 11) is -3.26. The second-order valence-electron chi connectivity index (χ2n) is 6.63. The van der Waals surface area contributed by atoms with Crippen LogP contribution in [0.15, 0.2) is 53.7 Å². The molecule has 0 saturated carbocycles. The molecule has 0 bridgehead atoms. The molecular weight excluding hydrogens is 308 g/mol. The summed E-state index contributed by atoms with van der Waals surface area (Å²) in [4.78, 5) is 4.41. The first-order chi connectivity index (χ1) is 10.8. The van der Waals surface area contributed by atoms with Gasteiger partial charge in [0.15, 0.2) is 9.84 Å². The average Bonchev–Trinajstić information content (AvgIpc) is 2.52. The third kappa shape index (κ3) is 5.15. The Labute approximate surface area is 138 Å². The summed E-state index contributed by atoms with van der Waals surface area (Å²) >= 11 is 0. The first-order valence-electron chi connectivity index (χ1n) is 7.72. The fraction of sp³-hybridized carbons (Fsp3) is 0.389. The highest BCUT2D eigenvalue weighted by Gasteiger charge is 2.17. The van der Waals surface area contributed by atoms with Crippen LogP contribution in [0.2, 0.25) is 0 Å². The van der Waals surface area contributed by atoms with Gasteiger partial charge in [0, 0.05) is 25.5 Å². The Morgan fingerprint density at radius 1 is 1.09 bits per heavy atom. The predicted molar refractivity (Wildman–Crippen MR) is 93.1 cm³/mol. The Kier molecular flexibility index (Phi) is 5.55. The Morgan fingerprint density at radius 3 is 2.35 bits per heavy atom. The molecule has 0 saturated heterocycles. The topological polar surface area (TPSA) is 59.1 Å². The summed E-state index contributed by atoms with van der Waals surface area (Å²) in [6.07, 6.45) is 3.49. The molecule has 1 aromatic carbocycles. The lowest BCUT2D eigenvalue weighted by Crippen LogP contribution is -2.23. The minimum absolute atomic E-state index is 0.0214. The van der Waals surface area contributed by atoms with E-state index in [0.29, 0.717) is 18.0 Å². The molecular formula is C18H24N2O2S. The maximum absolute atomic E-state index is 12.4. The number of nitrogens with one attached hydrogen (secondary N) is 1. The van der Waals surface area contributed by atoms with Crippen LogP contribution in [0.1, 0.15) is 31.9 Å². The molecule has 4 nitrogen and oxygen atoms in total. The van der Waals surface area contributed by atoms with E-state index in [1.807, 2.05) is 24.3 Å². The zero-order valence-corrected chi connectivity index (χ0v) is 14.7. The van der Waals surface area contributed by atoms with Crippen LogP contribution in [-0.2, 0) is 21.8 Å². The van der Waals surface area contributed by atoms with Gasteiger partial charge in [-0.05, 0) is 34.7 Å². The Morgan fingerprint density at radius 2 is 1.78 bits per heavy atom. The van der Waals surface area contributed by atoms with Crippen LogP contribution < -0.4 is 5.32 Å². The monoisotopic (exact) mass is 332 g/mol. The molecule has 0 atom stereocenters. The van der Waals surface area contributed by atoms with Gasteiger partial charge in [-0.1, -0.05) is 39.0 Å². The first kappa shape index (κ1) is 17.6. The lowest BCUT2D eigenvalue weighted by Gasteiger charge is -2.19. The number of benzene rings is 1. The maximum Gasteiger partial charge on any atom is 0.179 e. The van der Waals surface area contributed by atoms with Crippen molar-refractivity contribution in [1.29, 1.82) is 0 Å². The highest BCUT2D eigenvalue weighted by molar-refractivity contribution is 7.91. The SMILES string of the molecule is CC(C)(C)c1ccc(S(=O)(=O)CCNCc2cccnc2)cc1. The van der Waals surface area contributed by atoms with E-state index in [-0.39, 0.29) is 11.2 Å². The molecule has 0 radical (unpaired) electrons. The van der Waals surface area contributed by atoms with Crippen LogP contribution in [-0.4, -0.2) is 25.7 Å². The van der Waals surface area contributed by atoms with Gasteiger partial charge in [-0.2, -0.15) is 0 Å². The third-order valence-corrected chi connectivity index (χ3v) is 5.41. The van der Waals surface area contributed by atoms with Crippen molar-refractivity contribution in [3.8, 4) is 0 Å². The number of nitrogens with zero attached hydrogens (tertiary/aromatic N) is 1. The minimum Gasteiger partial charge on any atom is -0.312 e. The molecule has 5 heteroatoms. The van der Waals surface area contributed by atoms with Gasteiger partial charge >= 0.3 is 0 Å². The van der Waals surface area contributed by atoms with Crippen molar-refractivity contribution in [2.24, 2.45) is 0 Å². The van der Waals surface area contributed by atoms with Crippen LogP contribution in [0.3, 0.4) is 0 Å². The van der Waals surface area contributed by atoms with Crippen LogP contribution in [0.4, 0.5) is 0 Å². The molecule has 2 rings (SSSR count). The van der Waals surface area contributed by atoms with Crippen molar-refractivity contribution in [3.63, 3.8) is 0 Å². The molecule has 2 aromatic rings. The molecule has 0 fully saturated rings. The van der Waals surface area contributed by atoms with Crippen LogP contribution in [0.25, 0.3) is 0 Å². The summed E-state index contributed by atoms with van der Waals surface area (Å²) in [5, 5.41) is 3.14. The Hall–Kier alpha value is -1.72. The van der Waals surface area contributed by atoms with E-state index in [1.54, 1.807) is 24.5 Å². The molecule has 0 spiro atoms. The quantitative estimate of drug-likeness (QED) is 0.826. The predicted octanol–water partition coefficient (Wildman–Crippen LogP) is 2.94. The zero-order chi connectivity index (χ0) is 16.9. The second-order valence-corrected chi connectivity index (χ2v) is 8.74. The van der Waals surface area contributed by atoms with Crippen LogP contribution in [0.5, 0.6) is 0 Å². The molecule has 23 heavy (non-hydrogen) atoms. The van der Waals surface area contributed by atoms with Crippen LogP contribution in [0, 0.1) is 0 Å². The van der Waals surface area contributed by atoms with Gasteiger partial charge in [0.25, 0.3) is 0 Å². The number of rotatable bonds is 6. The lowest BCUT2D eigenvalue weighted by atomic mass is 9.87. The normalized spacial score (nSPS) is 12.3. The highest BCUT2D eigenvalue weighted by Crippen LogP contribution is 2.23. The largest absolute Gasteiger partial charge is 0.312 e. The molecule has 0 aliphatic carbocycles. The highest BCUT2D eigenvalue weighted by atomic mass is 32.2. The Bertz CT molecular complexity index is 718. The number of sulfone groups is 1. The molecule has 124 valence electrons. The average molecular weight is 332 g/mol. The molecule has 1 aromatic heterocycles. The third-order valence-electron chi connectivity index (χ3n) is 3.68. The van der Waals surface area contributed by atoms with Gasteiger partial charge in [-0.3, -0.25) is 4.98 Å². The zero-order valence-electron chi connectivity index (χ0n) is 13.9. The van der Waals surface area contributed by atoms with Gasteiger partial charge in [0.2, 0.25) is 0 Å². The van der Waals surface area contributed by atoms with Gasteiger partial charge in [0.1, 0.15) is 0 Å². The fourth-order valence-corrected chi connectivity index (χ4v) is 3.42. The molecule has 0 aliphatic heterocycles. The number of hydrogen-bond acceptors (Lipinski definition) is 4. The summed E-state index contributed by atoms with van der Waals surface area (Å²) in [5.74, 6) is 0.0854. The van der Waals surface area contributed by atoms with E-state index in [9.17, 15) is 8.42 Å². The maximum atomic E-state index is 12.4. The van der Waals surface area contributed by atoms with Crippen molar-refractivity contribution >= 4 is 9.84 Å². The second kappa shape index (κ2) is 7.23. The minimum atomic E-state index is -3.26. The first-order valence-corrected chi connectivity index (χ1v) is 9.37. The number of pyridine rings is 1. The molecule has 0 aliphatic rings. The van der Waals surface area contributed by atoms with Crippen molar-refractivity contribution in [3.05, 3.63) is 59.9 Å². The fourth-order valence-electron chi connectivity index (χ4n) is 2.22. The van der Waals surface area contributed by atoms with Gasteiger partial charge in [-0.15, -0.1) is 0 Å². The van der Waals surface area contributed by atoms with Crippen LogP contribution >= 0.6 is 0 Å². The standard InChI is InChI=1S/C18H24N2O2S/c1-18(2,3)16-6-8-17(9-7-16)23(21,22)12-11-20-14-15-5-4-10-19-13-15/h4-10,13,20H,11-12,14H2,1-3H3. The van der Waals surface area contributed by atoms with Crippen molar-refractivity contribution < 1.29 is 8.42 Å². The van der Waals surface area contributed by atoms with Gasteiger partial charge < -0.3 is 5.32 Å². The summed E-state index contributed by atoms with van der Waals surface area (Å²) in [6, 6.07) is 11.0. The van der Waals surface area contributed by atoms with E-state index in [4.69, 9.17) is 0 Å². The summed E-state index contributed by atoms with van der Waals surface area (Å²) < 4.78 is 24.7. The van der Waals surface area contributed by atoms with E-state index < -0.39 is 9.84 Å². The van der Waals surface area contributed by atoms with Gasteiger partial charge in [-0.25, -0.2) is 8.42 Å². The molecule has 0 amide bonds. The summed E-state index contributed by atoms with van der Waals surface area (Å²) in [5.41, 5.74) is 2.19. The molecule has 0 unspecified atom stereocenters. The van der Waals surface area contributed by atoms with Crippen molar-refractivity contribution in [2.45, 2.75) is 37.6 Å².